The van der Waals surface area contributed by atoms with E-state index >= 15 is 0 Å². The zero-order valence-corrected chi connectivity index (χ0v) is 14.9. The van der Waals surface area contributed by atoms with E-state index in [9.17, 15) is 0 Å². The minimum atomic E-state index is 0.751. The molecule has 0 aliphatic rings. The molecule has 1 N–H and O–H groups in total. The predicted molar refractivity (Wildman–Crippen MR) is 92.0 cm³/mol. The molecule has 0 radical (unpaired) electrons. The van der Waals surface area contributed by atoms with Crippen LogP contribution in [0.1, 0.15) is 35.7 Å². The van der Waals surface area contributed by atoms with Crippen LogP contribution in [0.5, 0.6) is 5.75 Å². The quantitative estimate of drug-likeness (QED) is 0.742. The summed E-state index contributed by atoms with van der Waals surface area (Å²) in [5, 5.41) is 4.58. The Bertz CT molecular complexity index is 571. The summed E-state index contributed by atoms with van der Waals surface area (Å²) in [6.07, 6.45) is 4.04. The molecule has 5 heteroatoms. The second-order valence-corrected chi connectivity index (χ2v) is 6.89. The van der Waals surface area contributed by atoms with Crippen LogP contribution in [-0.4, -0.2) is 11.6 Å². The van der Waals surface area contributed by atoms with E-state index in [0.717, 1.165) is 47.8 Å². The summed E-state index contributed by atoms with van der Waals surface area (Å²) in [7, 11) is 0. The number of hydrogen-bond acceptors (Lipinski definition) is 4. The van der Waals surface area contributed by atoms with Crippen molar-refractivity contribution in [1.29, 1.82) is 0 Å². The van der Waals surface area contributed by atoms with E-state index in [1.54, 1.807) is 11.3 Å². The second-order valence-electron chi connectivity index (χ2n) is 4.78. The fourth-order valence-corrected chi connectivity index (χ4v) is 3.18. The first-order valence-electron chi connectivity index (χ1n) is 7.28. The van der Waals surface area contributed by atoms with Gasteiger partial charge in [-0.05, 0) is 31.0 Å². The van der Waals surface area contributed by atoms with Crippen LogP contribution in [0.25, 0.3) is 0 Å². The molecule has 0 unspecified atom stereocenters. The molecular formula is C16H21BrN2OS. The molecular weight excluding hydrogens is 348 g/mol. The number of rotatable bonds is 8. The fraction of sp³-hybridized carbons (Fsp3) is 0.438. The number of halogens is 1. The number of benzene rings is 1. The van der Waals surface area contributed by atoms with Crippen molar-refractivity contribution < 1.29 is 4.74 Å². The van der Waals surface area contributed by atoms with Crippen LogP contribution in [0.15, 0.2) is 28.9 Å². The first kappa shape index (κ1) is 16.5. The van der Waals surface area contributed by atoms with Gasteiger partial charge in [-0.1, -0.05) is 29.8 Å². The second kappa shape index (κ2) is 8.51. The van der Waals surface area contributed by atoms with E-state index in [1.807, 2.05) is 18.3 Å². The highest BCUT2D eigenvalue weighted by Gasteiger charge is 2.06. The van der Waals surface area contributed by atoms with Gasteiger partial charge in [-0.2, -0.15) is 0 Å². The summed E-state index contributed by atoms with van der Waals surface area (Å²) in [6.45, 7) is 6.60. The first-order chi connectivity index (χ1) is 10.2. The normalized spacial score (nSPS) is 10.8. The molecule has 1 heterocycles. The van der Waals surface area contributed by atoms with Crippen molar-refractivity contribution in [2.75, 3.05) is 6.61 Å². The van der Waals surface area contributed by atoms with Crippen molar-refractivity contribution in [3.8, 4) is 5.75 Å². The maximum Gasteiger partial charge on any atom is 0.123 e. The Morgan fingerprint density at radius 2 is 2.14 bits per heavy atom. The molecule has 0 atom stereocenters. The SMILES string of the molecule is CCCOc1ccc(Br)cc1CNCc1ncc(CC)s1. The van der Waals surface area contributed by atoms with Gasteiger partial charge in [-0.3, -0.25) is 0 Å². The van der Waals surface area contributed by atoms with Crippen LogP contribution in [0.2, 0.25) is 0 Å². The van der Waals surface area contributed by atoms with Gasteiger partial charge in [0.05, 0.1) is 6.61 Å². The van der Waals surface area contributed by atoms with Crippen LogP contribution in [-0.2, 0) is 19.5 Å². The van der Waals surface area contributed by atoms with Gasteiger partial charge in [0.2, 0.25) is 0 Å². The summed E-state index contributed by atoms with van der Waals surface area (Å²) in [5.41, 5.74) is 1.17. The summed E-state index contributed by atoms with van der Waals surface area (Å²) in [6, 6.07) is 6.15. The van der Waals surface area contributed by atoms with Crippen molar-refractivity contribution in [2.45, 2.75) is 39.8 Å². The minimum Gasteiger partial charge on any atom is -0.493 e. The number of nitrogens with zero attached hydrogens (tertiary/aromatic N) is 1. The number of aromatic nitrogens is 1. The number of ether oxygens (including phenoxy) is 1. The van der Waals surface area contributed by atoms with E-state index in [-0.39, 0.29) is 0 Å². The van der Waals surface area contributed by atoms with Crippen LogP contribution in [0.3, 0.4) is 0 Å². The van der Waals surface area contributed by atoms with Crippen molar-refractivity contribution in [3.63, 3.8) is 0 Å². The maximum absolute atomic E-state index is 5.79. The summed E-state index contributed by atoms with van der Waals surface area (Å²) >= 11 is 5.30. The number of hydrogen-bond donors (Lipinski definition) is 1. The van der Waals surface area contributed by atoms with E-state index in [2.05, 4.69) is 46.1 Å². The lowest BCUT2D eigenvalue weighted by Crippen LogP contribution is -2.13. The van der Waals surface area contributed by atoms with Gasteiger partial charge in [0.15, 0.2) is 0 Å². The molecule has 1 aromatic carbocycles. The molecule has 2 aromatic rings. The van der Waals surface area contributed by atoms with Gasteiger partial charge in [0.25, 0.3) is 0 Å². The van der Waals surface area contributed by atoms with Crippen LogP contribution in [0, 0.1) is 0 Å². The van der Waals surface area contributed by atoms with Crippen molar-refractivity contribution in [3.05, 3.63) is 44.3 Å². The molecule has 3 nitrogen and oxygen atoms in total. The fourth-order valence-electron chi connectivity index (χ4n) is 1.94. The molecule has 0 bridgehead atoms. The van der Waals surface area contributed by atoms with E-state index in [1.165, 1.54) is 10.4 Å². The Kier molecular flexibility index (Phi) is 6.67. The van der Waals surface area contributed by atoms with Crippen LogP contribution < -0.4 is 10.1 Å². The highest BCUT2D eigenvalue weighted by atomic mass is 79.9. The van der Waals surface area contributed by atoms with Crippen LogP contribution in [0.4, 0.5) is 0 Å². The molecule has 0 spiro atoms. The van der Waals surface area contributed by atoms with E-state index < -0.39 is 0 Å². The van der Waals surface area contributed by atoms with Gasteiger partial charge in [-0.15, -0.1) is 11.3 Å². The van der Waals surface area contributed by atoms with Gasteiger partial charge in [0.1, 0.15) is 10.8 Å². The third-order valence-electron chi connectivity index (χ3n) is 3.03. The monoisotopic (exact) mass is 368 g/mol. The largest absolute Gasteiger partial charge is 0.493 e. The molecule has 0 aliphatic heterocycles. The van der Waals surface area contributed by atoms with Crippen molar-refractivity contribution in [2.24, 2.45) is 0 Å². The van der Waals surface area contributed by atoms with Gasteiger partial charge < -0.3 is 10.1 Å². The van der Waals surface area contributed by atoms with Crippen molar-refractivity contribution in [1.82, 2.24) is 10.3 Å². The minimum absolute atomic E-state index is 0.751. The Hall–Kier alpha value is -0.910. The summed E-state index contributed by atoms with van der Waals surface area (Å²) < 4.78 is 6.87. The molecule has 0 aliphatic carbocycles. The lowest BCUT2D eigenvalue weighted by atomic mass is 10.2. The lowest BCUT2D eigenvalue weighted by molar-refractivity contribution is 0.313. The standard InChI is InChI=1S/C16H21BrN2OS/c1-3-7-20-15-6-5-13(17)8-12(15)9-18-11-16-19-10-14(4-2)21-16/h5-6,8,10,18H,3-4,7,9,11H2,1-2H3. The average molecular weight is 369 g/mol. The molecule has 0 saturated heterocycles. The van der Waals surface area contributed by atoms with Gasteiger partial charge >= 0.3 is 0 Å². The molecule has 0 amide bonds. The molecule has 114 valence electrons. The van der Waals surface area contributed by atoms with Crippen LogP contribution >= 0.6 is 27.3 Å². The molecule has 1 aromatic heterocycles. The number of nitrogens with one attached hydrogen (secondary N) is 1. The number of aryl methyl sites for hydroxylation is 1. The Balaban J connectivity index is 1.93. The topological polar surface area (TPSA) is 34.1 Å². The third-order valence-corrected chi connectivity index (χ3v) is 4.66. The Morgan fingerprint density at radius 3 is 2.86 bits per heavy atom. The van der Waals surface area contributed by atoms with E-state index in [4.69, 9.17) is 4.74 Å². The highest BCUT2D eigenvalue weighted by molar-refractivity contribution is 9.10. The smallest absolute Gasteiger partial charge is 0.123 e. The Morgan fingerprint density at radius 1 is 1.29 bits per heavy atom. The van der Waals surface area contributed by atoms with Crippen molar-refractivity contribution >= 4 is 27.3 Å². The summed E-state index contributed by atoms with van der Waals surface area (Å²) in [5.74, 6) is 0.959. The average Bonchev–Trinajstić information content (AvgIpc) is 2.94. The number of thiazole rings is 1. The molecule has 0 fully saturated rings. The summed E-state index contributed by atoms with van der Waals surface area (Å²) in [4.78, 5) is 5.76. The third kappa shape index (κ3) is 5.09. The highest BCUT2D eigenvalue weighted by Crippen LogP contribution is 2.23. The van der Waals surface area contributed by atoms with E-state index in [0.29, 0.717) is 0 Å². The molecule has 2 rings (SSSR count). The molecule has 0 saturated carbocycles. The first-order valence-corrected chi connectivity index (χ1v) is 8.89. The predicted octanol–water partition coefficient (Wildman–Crippen LogP) is 4.55. The molecule has 21 heavy (non-hydrogen) atoms. The zero-order chi connectivity index (χ0) is 15.1. The van der Waals surface area contributed by atoms with Gasteiger partial charge in [-0.25, -0.2) is 4.98 Å². The lowest BCUT2D eigenvalue weighted by Gasteiger charge is -2.12. The zero-order valence-electron chi connectivity index (χ0n) is 12.5. The Labute approximate surface area is 138 Å². The van der Waals surface area contributed by atoms with Gasteiger partial charge in [0, 0.05) is 34.2 Å². The maximum atomic E-state index is 5.79.